The third kappa shape index (κ3) is 1.73. The van der Waals surface area contributed by atoms with Gasteiger partial charge in [-0.05, 0) is 12.8 Å². The first-order valence-corrected chi connectivity index (χ1v) is 6.41. The molecule has 5 heteroatoms. The molecular weight excluding hydrogens is 188 g/mol. The van der Waals surface area contributed by atoms with Gasteiger partial charge in [0, 0.05) is 26.2 Å². The topological polar surface area (TPSA) is 49.4 Å². The summed E-state index contributed by atoms with van der Waals surface area (Å²) in [5.41, 5.74) is 0. The SMILES string of the molecule is O=S(=O)(C1CNC1)N1CCCCC1. The molecule has 0 aliphatic carbocycles. The zero-order valence-electron chi connectivity index (χ0n) is 7.70. The van der Waals surface area contributed by atoms with Crippen molar-refractivity contribution >= 4 is 10.0 Å². The zero-order chi connectivity index (χ0) is 9.31. The summed E-state index contributed by atoms with van der Waals surface area (Å²) >= 11 is 0. The summed E-state index contributed by atoms with van der Waals surface area (Å²) in [6.07, 6.45) is 3.23. The van der Waals surface area contributed by atoms with E-state index in [9.17, 15) is 8.42 Å². The Bertz CT molecular complexity index is 266. The number of sulfonamides is 1. The van der Waals surface area contributed by atoms with Gasteiger partial charge in [0.05, 0.1) is 0 Å². The number of nitrogens with one attached hydrogen (secondary N) is 1. The summed E-state index contributed by atoms with van der Waals surface area (Å²) in [6.45, 7) is 2.75. The highest BCUT2D eigenvalue weighted by molar-refractivity contribution is 7.89. The molecule has 0 aromatic carbocycles. The maximum atomic E-state index is 11.9. The summed E-state index contributed by atoms with van der Waals surface area (Å²) in [6, 6.07) is 0. The van der Waals surface area contributed by atoms with Gasteiger partial charge in [0.15, 0.2) is 0 Å². The molecule has 0 radical (unpaired) electrons. The van der Waals surface area contributed by atoms with E-state index in [0.29, 0.717) is 13.1 Å². The minimum Gasteiger partial charge on any atom is -0.314 e. The number of hydrogen-bond donors (Lipinski definition) is 1. The predicted octanol–water partition coefficient (Wildman–Crippen LogP) is -0.226. The van der Waals surface area contributed by atoms with Crippen LogP contribution < -0.4 is 5.32 Å². The second-order valence-electron chi connectivity index (χ2n) is 3.78. The van der Waals surface area contributed by atoms with Crippen LogP contribution in [0.1, 0.15) is 19.3 Å². The molecule has 0 saturated carbocycles. The average Bonchev–Trinajstić information content (AvgIpc) is 2.02. The first-order valence-electron chi connectivity index (χ1n) is 4.91. The normalized spacial score (nSPS) is 27.1. The van der Waals surface area contributed by atoms with Gasteiger partial charge in [0.25, 0.3) is 0 Å². The van der Waals surface area contributed by atoms with Gasteiger partial charge in [-0.15, -0.1) is 0 Å². The number of nitrogens with zero attached hydrogens (tertiary/aromatic N) is 1. The standard InChI is InChI=1S/C8H16N2O2S/c11-13(12,8-6-9-7-8)10-4-2-1-3-5-10/h8-9H,1-7H2. The lowest BCUT2D eigenvalue weighted by atomic mass is 10.2. The van der Waals surface area contributed by atoms with E-state index < -0.39 is 10.0 Å². The molecule has 2 fully saturated rings. The molecule has 0 unspecified atom stereocenters. The van der Waals surface area contributed by atoms with Crippen LogP contribution in [0.2, 0.25) is 0 Å². The Kier molecular flexibility index (Phi) is 2.58. The molecule has 2 saturated heterocycles. The third-order valence-electron chi connectivity index (χ3n) is 2.84. The number of hydrogen-bond acceptors (Lipinski definition) is 3. The van der Waals surface area contributed by atoms with Crippen LogP contribution in [-0.2, 0) is 10.0 Å². The average molecular weight is 204 g/mol. The smallest absolute Gasteiger partial charge is 0.219 e. The van der Waals surface area contributed by atoms with Gasteiger partial charge < -0.3 is 5.32 Å². The summed E-state index contributed by atoms with van der Waals surface area (Å²) in [5.74, 6) is 0. The van der Waals surface area contributed by atoms with Gasteiger partial charge in [-0.2, -0.15) is 0 Å². The molecule has 2 rings (SSSR count). The first kappa shape index (κ1) is 9.43. The summed E-state index contributed by atoms with van der Waals surface area (Å²) in [7, 11) is -2.95. The molecule has 2 heterocycles. The zero-order valence-corrected chi connectivity index (χ0v) is 8.52. The van der Waals surface area contributed by atoms with E-state index in [1.165, 1.54) is 6.42 Å². The highest BCUT2D eigenvalue weighted by atomic mass is 32.2. The van der Waals surface area contributed by atoms with Crippen LogP contribution in [0.15, 0.2) is 0 Å². The Morgan fingerprint density at radius 2 is 1.69 bits per heavy atom. The molecule has 0 atom stereocenters. The second-order valence-corrected chi connectivity index (χ2v) is 6.00. The maximum absolute atomic E-state index is 11.9. The fraction of sp³-hybridized carbons (Fsp3) is 1.00. The van der Waals surface area contributed by atoms with Crippen molar-refractivity contribution in [3.05, 3.63) is 0 Å². The van der Waals surface area contributed by atoms with E-state index in [0.717, 1.165) is 25.9 Å². The summed E-state index contributed by atoms with van der Waals surface area (Å²) in [4.78, 5) is 0. The van der Waals surface area contributed by atoms with Crippen molar-refractivity contribution in [3.63, 3.8) is 0 Å². The fourth-order valence-electron chi connectivity index (χ4n) is 1.80. The highest BCUT2D eigenvalue weighted by Gasteiger charge is 2.36. The highest BCUT2D eigenvalue weighted by Crippen LogP contribution is 2.18. The number of rotatable bonds is 2. The largest absolute Gasteiger partial charge is 0.314 e. The van der Waals surface area contributed by atoms with Gasteiger partial charge in [0.2, 0.25) is 10.0 Å². The van der Waals surface area contributed by atoms with Crippen molar-refractivity contribution in [3.8, 4) is 0 Å². The molecule has 0 bridgehead atoms. The Morgan fingerprint density at radius 3 is 2.15 bits per heavy atom. The maximum Gasteiger partial charge on any atom is 0.219 e. The van der Waals surface area contributed by atoms with Crippen molar-refractivity contribution in [1.82, 2.24) is 9.62 Å². The van der Waals surface area contributed by atoms with Crippen LogP contribution >= 0.6 is 0 Å². The van der Waals surface area contributed by atoms with Crippen LogP contribution in [0, 0.1) is 0 Å². The first-order chi connectivity index (χ1) is 6.21. The molecular formula is C8H16N2O2S. The van der Waals surface area contributed by atoms with E-state index >= 15 is 0 Å². The van der Waals surface area contributed by atoms with E-state index in [1.54, 1.807) is 4.31 Å². The molecule has 0 spiro atoms. The molecule has 2 aliphatic heterocycles. The van der Waals surface area contributed by atoms with Crippen LogP contribution in [0.25, 0.3) is 0 Å². The fourth-order valence-corrected chi connectivity index (χ4v) is 3.65. The molecule has 2 aliphatic rings. The lowest BCUT2D eigenvalue weighted by molar-refractivity contribution is 0.334. The minimum absolute atomic E-state index is 0.148. The van der Waals surface area contributed by atoms with Gasteiger partial charge in [-0.25, -0.2) is 12.7 Å². The van der Waals surface area contributed by atoms with Crippen LogP contribution in [0.4, 0.5) is 0 Å². The Labute approximate surface area is 79.4 Å². The molecule has 13 heavy (non-hydrogen) atoms. The van der Waals surface area contributed by atoms with Crippen LogP contribution in [0.5, 0.6) is 0 Å². The summed E-state index contributed by atoms with van der Waals surface area (Å²) < 4.78 is 25.4. The lowest BCUT2D eigenvalue weighted by Crippen LogP contribution is -2.56. The van der Waals surface area contributed by atoms with Gasteiger partial charge in [0.1, 0.15) is 5.25 Å². The van der Waals surface area contributed by atoms with Crippen LogP contribution in [-0.4, -0.2) is 44.2 Å². The second kappa shape index (κ2) is 3.55. The predicted molar refractivity (Wildman–Crippen MR) is 51.0 cm³/mol. The number of piperidine rings is 1. The quantitative estimate of drug-likeness (QED) is 0.676. The van der Waals surface area contributed by atoms with E-state index in [4.69, 9.17) is 0 Å². The molecule has 0 aromatic heterocycles. The van der Waals surface area contributed by atoms with Gasteiger partial charge in [-0.3, -0.25) is 0 Å². The van der Waals surface area contributed by atoms with Gasteiger partial charge >= 0.3 is 0 Å². The van der Waals surface area contributed by atoms with Crippen LogP contribution in [0.3, 0.4) is 0 Å². The van der Waals surface area contributed by atoms with Crippen molar-refractivity contribution in [2.45, 2.75) is 24.5 Å². The Balaban J connectivity index is 2.03. The third-order valence-corrected chi connectivity index (χ3v) is 5.10. The lowest BCUT2D eigenvalue weighted by Gasteiger charge is -2.34. The molecule has 0 amide bonds. The molecule has 4 nitrogen and oxygen atoms in total. The monoisotopic (exact) mass is 204 g/mol. The summed E-state index contributed by atoms with van der Waals surface area (Å²) in [5, 5.41) is 2.85. The van der Waals surface area contributed by atoms with E-state index in [-0.39, 0.29) is 5.25 Å². The van der Waals surface area contributed by atoms with Crippen molar-refractivity contribution in [2.75, 3.05) is 26.2 Å². The Hall–Kier alpha value is -0.130. The van der Waals surface area contributed by atoms with Crippen molar-refractivity contribution < 1.29 is 8.42 Å². The van der Waals surface area contributed by atoms with Gasteiger partial charge in [-0.1, -0.05) is 6.42 Å². The molecule has 0 aromatic rings. The minimum atomic E-state index is -2.95. The Morgan fingerprint density at radius 1 is 1.08 bits per heavy atom. The molecule has 76 valence electrons. The van der Waals surface area contributed by atoms with E-state index in [2.05, 4.69) is 5.32 Å². The van der Waals surface area contributed by atoms with Crippen molar-refractivity contribution in [1.29, 1.82) is 0 Å². The molecule has 1 N–H and O–H groups in total. The van der Waals surface area contributed by atoms with Crippen molar-refractivity contribution in [2.24, 2.45) is 0 Å². The van der Waals surface area contributed by atoms with E-state index in [1.807, 2.05) is 0 Å².